The molecule has 4 rings (SSSR count). The monoisotopic (exact) mass is 442 g/mol. The number of aryl methyl sites for hydroxylation is 1. The number of halogens is 1. The Balaban J connectivity index is 1.71. The van der Waals surface area contributed by atoms with Crippen LogP contribution in [0.5, 0.6) is 5.75 Å². The van der Waals surface area contributed by atoms with E-state index in [9.17, 15) is 18.8 Å². The van der Waals surface area contributed by atoms with Crippen LogP contribution in [0.2, 0.25) is 0 Å². The van der Waals surface area contributed by atoms with Crippen LogP contribution in [-0.4, -0.2) is 22.0 Å². The summed E-state index contributed by atoms with van der Waals surface area (Å²) >= 11 is 0. The number of methoxy groups -OCH3 is 1. The van der Waals surface area contributed by atoms with Crippen LogP contribution in [0.25, 0.3) is 10.9 Å². The highest BCUT2D eigenvalue weighted by molar-refractivity contribution is 6.09. The second kappa shape index (κ2) is 8.97. The first kappa shape index (κ1) is 21.8. The van der Waals surface area contributed by atoms with Gasteiger partial charge in [0.1, 0.15) is 11.6 Å². The Morgan fingerprint density at radius 1 is 1.00 bits per heavy atom. The minimum atomic E-state index is -0.484. The number of ether oxygens (including phenoxy) is 1. The highest BCUT2D eigenvalue weighted by atomic mass is 19.1. The molecule has 1 aromatic heterocycles. The fraction of sp³-hybridized carbons (Fsp3) is 0.115. The molecular formula is C26H19FN2O4. The number of nitrogens with zero attached hydrogens (tertiary/aromatic N) is 2. The lowest BCUT2D eigenvalue weighted by Crippen LogP contribution is -2.39. The van der Waals surface area contributed by atoms with Crippen LogP contribution >= 0.6 is 0 Å². The van der Waals surface area contributed by atoms with Crippen LogP contribution in [-0.2, 0) is 13.6 Å². The zero-order valence-corrected chi connectivity index (χ0v) is 18.0. The Kier molecular flexibility index (Phi) is 5.92. The Morgan fingerprint density at radius 2 is 1.70 bits per heavy atom. The normalized spacial score (nSPS) is 10.5. The summed E-state index contributed by atoms with van der Waals surface area (Å²) in [5, 5.41) is 0.294. The van der Waals surface area contributed by atoms with Crippen molar-refractivity contribution in [3.05, 3.63) is 110 Å². The second-order valence-corrected chi connectivity index (χ2v) is 7.40. The minimum absolute atomic E-state index is 0.00753. The van der Waals surface area contributed by atoms with Crippen LogP contribution in [0, 0.1) is 17.7 Å². The van der Waals surface area contributed by atoms with E-state index >= 15 is 0 Å². The molecule has 6 nitrogen and oxygen atoms in total. The number of rotatable bonds is 4. The van der Waals surface area contributed by atoms with Gasteiger partial charge >= 0.3 is 5.69 Å². The third-order valence-electron chi connectivity index (χ3n) is 5.28. The topological polar surface area (TPSA) is 70.3 Å². The summed E-state index contributed by atoms with van der Waals surface area (Å²) in [7, 11) is 3.11. The molecule has 0 saturated carbocycles. The van der Waals surface area contributed by atoms with Gasteiger partial charge in [-0.05, 0) is 66.1 Å². The maximum atomic E-state index is 13.2. The molecule has 0 amide bonds. The quantitative estimate of drug-likeness (QED) is 0.360. The van der Waals surface area contributed by atoms with Crippen molar-refractivity contribution in [3.8, 4) is 17.6 Å². The molecule has 4 aromatic rings. The molecule has 0 spiro atoms. The third-order valence-corrected chi connectivity index (χ3v) is 5.28. The lowest BCUT2D eigenvalue weighted by atomic mass is 10.1. The fourth-order valence-corrected chi connectivity index (χ4v) is 3.45. The Bertz CT molecular complexity index is 1540. The van der Waals surface area contributed by atoms with Gasteiger partial charge in [0, 0.05) is 18.2 Å². The zero-order valence-electron chi connectivity index (χ0n) is 18.0. The number of ketones is 1. The molecule has 0 saturated heterocycles. The molecule has 0 N–H and O–H groups in total. The molecule has 164 valence electrons. The number of aromatic nitrogens is 2. The molecule has 1 heterocycles. The maximum absolute atomic E-state index is 13.2. The average molecular weight is 442 g/mol. The van der Waals surface area contributed by atoms with Gasteiger partial charge in [-0.25, -0.2) is 9.18 Å². The van der Waals surface area contributed by atoms with Crippen molar-refractivity contribution in [2.45, 2.75) is 6.54 Å². The van der Waals surface area contributed by atoms with Crippen LogP contribution in [0.4, 0.5) is 4.39 Å². The standard InChI is InChI=1S/C26H19FN2O4/c1-28-23-13-5-17(6-14-24(30)19-7-11-21(33-2)12-8-19)15-22(23)25(31)29(26(28)32)16-18-3-9-20(27)10-4-18/h3-5,7-13,15H,16H2,1-2H3. The number of benzene rings is 3. The van der Waals surface area contributed by atoms with Crippen molar-refractivity contribution in [2.75, 3.05) is 7.11 Å². The second-order valence-electron chi connectivity index (χ2n) is 7.40. The van der Waals surface area contributed by atoms with Crippen molar-refractivity contribution in [1.29, 1.82) is 0 Å². The van der Waals surface area contributed by atoms with Gasteiger partial charge in [-0.1, -0.05) is 18.1 Å². The molecule has 7 heteroatoms. The molecule has 0 aliphatic rings. The number of carbonyl (C=O) groups is 1. The maximum Gasteiger partial charge on any atom is 0.331 e. The van der Waals surface area contributed by atoms with Crippen LogP contribution < -0.4 is 16.0 Å². The SMILES string of the molecule is COc1ccc(C(=O)C#Cc2ccc3c(c2)c(=O)n(Cc2ccc(F)cc2)c(=O)n3C)cc1. The first-order valence-corrected chi connectivity index (χ1v) is 10.1. The number of carbonyl (C=O) groups excluding carboxylic acids is 1. The molecule has 33 heavy (non-hydrogen) atoms. The summed E-state index contributed by atoms with van der Waals surface area (Å²) in [5.41, 5.74) is 0.998. The lowest BCUT2D eigenvalue weighted by molar-refractivity contribution is 0.105. The summed E-state index contributed by atoms with van der Waals surface area (Å²) in [4.78, 5) is 38.2. The summed E-state index contributed by atoms with van der Waals surface area (Å²) < 4.78 is 20.7. The zero-order chi connectivity index (χ0) is 23.5. The van der Waals surface area contributed by atoms with Gasteiger partial charge in [0.2, 0.25) is 5.78 Å². The first-order chi connectivity index (χ1) is 15.9. The molecule has 0 atom stereocenters. The predicted molar refractivity (Wildman–Crippen MR) is 123 cm³/mol. The Hall–Kier alpha value is -4.44. The molecule has 0 aliphatic carbocycles. The van der Waals surface area contributed by atoms with E-state index in [2.05, 4.69) is 11.8 Å². The van der Waals surface area contributed by atoms with Crippen LogP contribution in [0.3, 0.4) is 0 Å². The molecule has 0 radical (unpaired) electrons. The van der Waals surface area contributed by atoms with Crippen LogP contribution in [0.1, 0.15) is 21.5 Å². The van der Waals surface area contributed by atoms with Crippen molar-refractivity contribution in [2.24, 2.45) is 7.05 Å². The first-order valence-electron chi connectivity index (χ1n) is 10.1. The molecular weight excluding hydrogens is 423 g/mol. The van der Waals surface area contributed by atoms with Gasteiger partial charge in [-0.15, -0.1) is 0 Å². The number of Topliss-reactive ketones (excluding diaryl/α,β-unsaturated/α-hetero) is 1. The van der Waals surface area contributed by atoms with Gasteiger partial charge in [0.25, 0.3) is 5.56 Å². The minimum Gasteiger partial charge on any atom is -0.497 e. The van der Waals surface area contributed by atoms with E-state index in [0.29, 0.717) is 33.3 Å². The van der Waals surface area contributed by atoms with Crippen LogP contribution in [0.15, 0.2) is 76.3 Å². The fourth-order valence-electron chi connectivity index (χ4n) is 3.45. The molecule has 0 unspecified atom stereocenters. The highest BCUT2D eigenvalue weighted by Crippen LogP contribution is 2.13. The lowest BCUT2D eigenvalue weighted by Gasteiger charge is -2.11. The van der Waals surface area contributed by atoms with E-state index in [1.54, 1.807) is 56.6 Å². The summed E-state index contributed by atoms with van der Waals surface area (Å²) in [6.45, 7) is 0.00753. The van der Waals surface area contributed by atoms with E-state index in [4.69, 9.17) is 4.74 Å². The smallest absolute Gasteiger partial charge is 0.331 e. The highest BCUT2D eigenvalue weighted by Gasteiger charge is 2.12. The number of hydrogen-bond donors (Lipinski definition) is 0. The van der Waals surface area contributed by atoms with E-state index in [-0.39, 0.29) is 12.3 Å². The average Bonchev–Trinajstić information content (AvgIpc) is 2.85. The van der Waals surface area contributed by atoms with E-state index < -0.39 is 17.1 Å². The summed E-state index contributed by atoms with van der Waals surface area (Å²) in [5.74, 6) is 5.24. The van der Waals surface area contributed by atoms with Crippen molar-refractivity contribution in [3.63, 3.8) is 0 Å². The van der Waals surface area contributed by atoms with Gasteiger partial charge in [0.15, 0.2) is 0 Å². The Labute approximate surface area is 188 Å². The largest absolute Gasteiger partial charge is 0.497 e. The molecule has 0 fully saturated rings. The van der Waals surface area contributed by atoms with Crippen molar-refractivity contribution in [1.82, 2.24) is 9.13 Å². The summed E-state index contributed by atoms with van der Waals surface area (Å²) in [6.07, 6.45) is 0. The third kappa shape index (κ3) is 4.46. The van der Waals surface area contributed by atoms with E-state index in [1.807, 2.05) is 0 Å². The number of fused-ring (bicyclic) bond motifs is 1. The van der Waals surface area contributed by atoms with E-state index in [1.165, 1.54) is 28.8 Å². The van der Waals surface area contributed by atoms with Gasteiger partial charge in [-0.2, -0.15) is 0 Å². The van der Waals surface area contributed by atoms with Gasteiger partial charge < -0.3 is 4.74 Å². The molecule has 0 bridgehead atoms. The number of hydrogen-bond acceptors (Lipinski definition) is 4. The van der Waals surface area contributed by atoms with Crippen molar-refractivity contribution >= 4 is 16.7 Å². The van der Waals surface area contributed by atoms with Gasteiger partial charge in [-0.3, -0.25) is 18.7 Å². The Morgan fingerprint density at radius 3 is 2.36 bits per heavy atom. The molecule has 3 aromatic carbocycles. The predicted octanol–water partition coefficient (Wildman–Crippen LogP) is 3.13. The van der Waals surface area contributed by atoms with E-state index in [0.717, 1.165) is 4.57 Å². The molecule has 0 aliphatic heterocycles. The summed E-state index contributed by atoms with van der Waals surface area (Å²) in [6, 6.07) is 17.0. The van der Waals surface area contributed by atoms with Gasteiger partial charge in [0.05, 0.1) is 24.6 Å². The van der Waals surface area contributed by atoms with Crippen molar-refractivity contribution < 1.29 is 13.9 Å².